The highest BCUT2D eigenvalue weighted by molar-refractivity contribution is 6.19. The molecule has 2 nitrogen and oxygen atoms in total. The van der Waals surface area contributed by atoms with Crippen molar-refractivity contribution < 1.29 is 9.18 Å². The van der Waals surface area contributed by atoms with Crippen LogP contribution in [0.15, 0.2) is 18.2 Å². The Bertz CT molecular complexity index is 341. The average Bonchev–Trinajstić information content (AvgIpc) is 2.10. The fraction of sp³-hybridized carbons (Fsp3) is 0.300. The Morgan fingerprint density at radius 3 is 2.86 bits per heavy atom. The molecule has 0 spiro atoms. The molecule has 0 radical (unpaired) electrons. The number of carbonyl (C=O) groups excluding carboxylic acids is 1. The molecule has 0 saturated carbocycles. The molecule has 0 aliphatic rings. The van der Waals surface area contributed by atoms with Crippen LogP contribution >= 0.6 is 11.6 Å². The van der Waals surface area contributed by atoms with E-state index in [-0.39, 0.29) is 23.9 Å². The summed E-state index contributed by atoms with van der Waals surface area (Å²) < 4.78 is 13.2. The smallest absolute Gasteiger partial charge is 0.225 e. The number of anilines is 1. The topological polar surface area (TPSA) is 29.1 Å². The third-order valence-corrected chi connectivity index (χ3v) is 1.91. The normalized spacial score (nSPS) is 9.93. The summed E-state index contributed by atoms with van der Waals surface area (Å²) in [6.07, 6.45) is 0.189. The van der Waals surface area contributed by atoms with Crippen LogP contribution in [0.3, 0.4) is 0 Å². The second-order valence-electron chi connectivity index (χ2n) is 2.97. The van der Waals surface area contributed by atoms with Crippen LogP contribution in [0.1, 0.15) is 12.0 Å². The molecule has 0 saturated heterocycles. The van der Waals surface area contributed by atoms with Gasteiger partial charge in [0.1, 0.15) is 5.82 Å². The summed E-state index contributed by atoms with van der Waals surface area (Å²) in [6, 6.07) is 4.65. The molecule has 1 aromatic carbocycles. The molecule has 0 heterocycles. The Labute approximate surface area is 87.1 Å². The van der Waals surface area contributed by atoms with Crippen molar-refractivity contribution in [1.82, 2.24) is 0 Å². The van der Waals surface area contributed by atoms with E-state index >= 15 is 0 Å². The van der Waals surface area contributed by atoms with Crippen molar-refractivity contribution in [1.29, 1.82) is 0 Å². The Morgan fingerprint density at radius 2 is 2.29 bits per heavy atom. The van der Waals surface area contributed by atoms with Crippen molar-refractivity contribution in [2.45, 2.75) is 13.3 Å². The minimum atomic E-state index is -0.423. The van der Waals surface area contributed by atoms with Gasteiger partial charge < -0.3 is 5.32 Å². The first-order valence-corrected chi connectivity index (χ1v) is 4.79. The van der Waals surface area contributed by atoms with E-state index in [9.17, 15) is 9.18 Å². The van der Waals surface area contributed by atoms with Crippen LogP contribution < -0.4 is 5.32 Å². The number of carbonyl (C=O) groups is 1. The van der Waals surface area contributed by atoms with Crippen molar-refractivity contribution in [3.63, 3.8) is 0 Å². The lowest BCUT2D eigenvalue weighted by Crippen LogP contribution is -2.12. The molecule has 1 aromatic rings. The van der Waals surface area contributed by atoms with Gasteiger partial charge in [-0.1, -0.05) is 6.07 Å². The predicted molar refractivity (Wildman–Crippen MR) is 55.1 cm³/mol. The lowest BCUT2D eigenvalue weighted by atomic mass is 10.2. The SMILES string of the molecule is Cc1ccc(NC(=O)CCCl)c(F)c1. The molecule has 0 bridgehead atoms. The van der Waals surface area contributed by atoms with Crippen LogP contribution in [0.5, 0.6) is 0 Å². The minimum absolute atomic E-state index is 0.189. The summed E-state index contributed by atoms with van der Waals surface area (Å²) in [6.45, 7) is 1.79. The minimum Gasteiger partial charge on any atom is -0.324 e. The zero-order valence-electron chi connectivity index (χ0n) is 7.81. The van der Waals surface area contributed by atoms with E-state index < -0.39 is 5.82 Å². The Balaban J connectivity index is 2.72. The first-order valence-electron chi connectivity index (χ1n) is 4.25. The molecule has 0 atom stereocenters. The number of rotatable bonds is 3. The molecule has 76 valence electrons. The molecule has 0 aromatic heterocycles. The van der Waals surface area contributed by atoms with Gasteiger partial charge in [0.2, 0.25) is 5.91 Å². The van der Waals surface area contributed by atoms with Gasteiger partial charge in [0.05, 0.1) is 5.69 Å². The maximum Gasteiger partial charge on any atom is 0.225 e. The van der Waals surface area contributed by atoms with Crippen LogP contribution in [0.25, 0.3) is 0 Å². The Hall–Kier alpha value is -1.09. The number of hydrogen-bond acceptors (Lipinski definition) is 1. The lowest BCUT2D eigenvalue weighted by molar-refractivity contribution is -0.115. The fourth-order valence-corrected chi connectivity index (χ4v) is 1.19. The van der Waals surface area contributed by atoms with Gasteiger partial charge in [-0.2, -0.15) is 0 Å². The molecule has 0 aliphatic carbocycles. The van der Waals surface area contributed by atoms with Gasteiger partial charge in [0.25, 0.3) is 0 Å². The van der Waals surface area contributed by atoms with Crippen molar-refractivity contribution in [2.24, 2.45) is 0 Å². The Kier molecular flexibility index (Phi) is 3.89. The first-order chi connectivity index (χ1) is 6.63. The monoisotopic (exact) mass is 215 g/mol. The van der Waals surface area contributed by atoms with Crippen LogP contribution in [0, 0.1) is 12.7 Å². The van der Waals surface area contributed by atoms with E-state index in [1.807, 2.05) is 0 Å². The van der Waals surface area contributed by atoms with E-state index in [4.69, 9.17) is 11.6 Å². The molecular formula is C10H11ClFNO. The number of aryl methyl sites for hydroxylation is 1. The lowest BCUT2D eigenvalue weighted by Gasteiger charge is -2.05. The van der Waals surface area contributed by atoms with E-state index in [0.717, 1.165) is 5.56 Å². The van der Waals surface area contributed by atoms with Crippen LogP contribution in [-0.4, -0.2) is 11.8 Å². The van der Waals surface area contributed by atoms with Crippen molar-refractivity contribution in [3.8, 4) is 0 Å². The Morgan fingerprint density at radius 1 is 1.57 bits per heavy atom. The van der Waals surface area contributed by atoms with E-state index in [1.165, 1.54) is 12.1 Å². The number of amides is 1. The van der Waals surface area contributed by atoms with Crippen LogP contribution in [0.2, 0.25) is 0 Å². The van der Waals surface area contributed by atoms with Gasteiger partial charge >= 0.3 is 0 Å². The fourth-order valence-electron chi connectivity index (χ4n) is 1.02. The van der Waals surface area contributed by atoms with Gasteiger partial charge in [-0.05, 0) is 24.6 Å². The molecule has 0 fully saturated rings. The predicted octanol–water partition coefficient (Wildman–Crippen LogP) is 2.70. The second kappa shape index (κ2) is 4.96. The maximum absolute atomic E-state index is 13.2. The van der Waals surface area contributed by atoms with Crippen LogP contribution in [-0.2, 0) is 4.79 Å². The number of halogens is 2. The standard InChI is InChI=1S/C10H11ClFNO/c1-7-2-3-9(8(12)6-7)13-10(14)4-5-11/h2-3,6H,4-5H2,1H3,(H,13,14). The summed E-state index contributed by atoms with van der Waals surface area (Å²) in [5, 5.41) is 2.44. The maximum atomic E-state index is 13.2. The summed E-state index contributed by atoms with van der Waals surface area (Å²) >= 11 is 5.37. The van der Waals surface area contributed by atoms with Gasteiger partial charge in [-0.15, -0.1) is 11.6 Å². The average molecular weight is 216 g/mol. The first kappa shape index (κ1) is 11.0. The number of benzene rings is 1. The molecule has 1 N–H and O–H groups in total. The summed E-state index contributed by atoms with van der Waals surface area (Å²) in [4.78, 5) is 11.1. The third kappa shape index (κ3) is 3.00. The van der Waals surface area contributed by atoms with E-state index in [1.54, 1.807) is 13.0 Å². The molecule has 1 amide bonds. The van der Waals surface area contributed by atoms with Crippen molar-refractivity contribution >= 4 is 23.2 Å². The second-order valence-corrected chi connectivity index (χ2v) is 3.35. The summed E-state index contributed by atoms with van der Waals surface area (Å²) in [5.41, 5.74) is 1.02. The quantitative estimate of drug-likeness (QED) is 0.772. The largest absolute Gasteiger partial charge is 0.324 e. The molecule has 4 heteroatoms. The van der Waals surface area contributed by atoms with Gasteiger partial charge in [0.15, 0.2) is 0 Å². The highest BCUT2D eigenvalue weighted by Gasteiger charge is 2.05. The highest BCUT2D eigenvalue weighted by atomic mass is 35.5. The number of nitrogens with one attached hydrogen (secondary N) is 1. The summed E-state index contributed by atoms with van der Waals surface area (Å²) in [5.74, 6) is -0.463. The number of hydrogen-bond donors (Lipinski definition) is 1. The third-order valence-electron chi connectivity index (χ3n) is 1.72. The number of alkyl halides is 1. The molecule has 0 aliphatic heterocycles. The molecular weight excluding hydrogens is 205 g/mol. The van der Waals surface area contributed by atoms with Gasteiger partial charge in [-0.25, -0.2) is 4.39 Å². The van der Waals surface area contributed by atoms with Gasteiger partial charge in [0, 0.05) is 12.3 Å². The zero-order chi connectivity index (χ0) is 10.6. The molecule has 0 unspecified atom stereocenters. The van der Waals surface area contributed by atoms with E-state index in [0.29, 0.717) is 0 Å². The van der Waals surface area contributed by atoms with E-state index in [2.05, 4.69) is 5.32 Å². The van der Waals surface area contributed by atoms with Gasteiger partial charge in [-0.3, -0.25) is 4.79 Å². The van der Waals surface area contributed by atoms with Crippen molar-refractivity contribution in [3.05, 3.63) is 29.6 Å². The molecule has 1 rings (SSSR count). The summed E-state index contributed by atoms with van der Waals surface area (Å²) in [7, 11) is 0. The molecule has 14 heavy (non-hydrogen) atoms. The van der Waals surface area contributed by atoms with Crippen molar-refractivity contribution in [2.75, 3.05) is 11.2 Å². The van der Waals surface area contributed by atoms with Crippen LogP contribution in [0.4, 0.5) is 10.1 Å². The zero-order valence-corrected chi connectivity index (χ0v) is 8.57. The highest BCUT2D eigenvalue weighted by Crippen LogP contribution is 2.15.